The van der Waals surface area contributed by atoms with Gasteiger partial charge in [-0.3, -0.25) is 14.2 Å². The van der Waals surface area contributed by atoms with Crippen LogP contribution in [0.25, 0.3) is 0 Å². The molecular weight excluding hydrogens is 481 g/mol. The lowest BCUT2D eigenvalue weighted by Gasteiger charge is -2.21. The van der Waals surface area contributed by atoms with Gasteiger partial charge in [0.25, 0.3) is 5.56 Å². The van der Waals surface area contributed by atoms with Gasteiger partial charge in [0.15, 0.2) is 0 Å². The summed E-state index contributed by atoms with van der Waals surface area (Å²) in [6.45, 7) is 7.13. The summed E-state index contributed by atoms with van der Waals surface area (Å²) in [5.41, 5.74) is 6.97. The van der Waals surface area contributed by atoms with Crippen molar-refractivity contribution in [2.45, 2.75) is 52.3 Å². The van der Waals surface area contributed by atoms with Gasteiger partial charge in [-0.25, -0.2) is 4.98 Å². The van der Waals surface area contributed by atoms with Crippen molar-refractivity contribution in [1.29, 1.82) is 0 Å². The van der Waals surface area contributed by atoms with Crippen LogP contribution in [0, 0.1) is 5.92 Å². The van der Waals surface area contributed by atoms with Crippen molar-refractivity contribution in [3.8, 4) is 0 Å². The van der Waals surface area contributed by atoms with Gasteiger partial charge in [0.2, 0.25) is 0 Å². The number of nitrogens with two attached hydrogens (primary N) is 1. The zero-order chi connectivity index (χ0) is 21.1. The number of carbonyl (C=O) groups is 1. The van der Waals surface area contributed by atoms with Crippen LogP contribution in [0.3, 0.4) is 0 Å². The molecule has 0 spiro atoms. The molecular formula is C20H26BrCl2N3O3. The second-order valence-corrected chi connectivity index (χ2v) is 9.01. The van der Waals surface area contributed by atoms with Gasteiger partial charge in [0.05, 0.1) is 12.0 Å². The van der Waals surface area contributed by atoms with E-state index in [-0.39, 0.29) is 36.5 Å². The van der Waals surface area contributed by atoms with Crippen LogP contribution in [0.15, 0.2) is 39.9 Å². The van der Waals surface area contributed by atoms with Crippen molar-refractivity contribution < 1.29 is 9.53 Å². The van der Waals surface area contributed by atoms with Gasteiger partial charge >= 0.3 is 5.97 Å². The lowest BCUT2D eigenvalue weighted by atomic mass is 9.91. The van der Waals surface area contributed by atoms with Crippen molar-refractivity contribution in [2.75, 3.05) is 0 Å². The number of hydrogen-bond acceptors (Lipinski definition) is 5. The number of aromatic nitrogens is 2. The van der Waals surface area contributed by atoms with E-state index in [4.69, 9.17) is 22.1 Å². The summed E-state index contributed by atoms with van der Waals surface area (Å²) in [6.07, 6.45) is 1.87. The zero-order valence-corrected chi connectivity index (χ0v) is 20.0. The fourth-order valence-corrected chi connectivity index (χ4v) is 3.33. The van der Waals surface area contributed by atoms with Crippen LogP contribution in [0.5, 0.6) is 0 Å². The van der Waals surface area contributed by atoms with Crippen LogP contribution in [0.1, 0.15) is 45.0 Å². The fourth-order valence-electron chi connectivity index (χ4n) is 2.71. The number of ether oxygens (including phenoxy) is 1. The Labute approximate surface area is 190 Å². The van der Waals surface area contributed by atoms with Gasteiger partial charge in [0.1, 0.15) is 16.6 Å². The molecule has 2 atom stereocenters. The lowest BCUT2D eigenvalue weighted by Crippen LogP contribution is -2.31. The maximum atomic E-state index is 12.6. The summed E-state index contributed by atoms with van der Waals surface area (Å²) in [7, 11) is 0. The molecule has 29 heavy (non-hydrogen) atoms. The molecule has 1 aromatic heterocycles. The third-order valence-electron chi connectivity index (χ3n) is 4.16. The molecule has 160 valence electrons. The summed E-state index contributed by atoms with van der Waals surface area (Å²) in [6, 6.07) is 7.16. The molecule has 0 fully saturated rings. The third kappa shape index (κ3) is 7.41. The van der Waals surface area contributed by atoms with E-state index in [0.29, 0.717) is 21.6 Å². The molecule has 2 aromatic rings. The van der Waals surface area contributed by atoms with E-state index in [1.807, 2.05) is 19.1 Å². The number of halogens is 3. The molecule has 0 aliphatic rings. The lowest BCUT2D eigenvalue weighted by molar-refractivity contribution is -0.155. The van der Waals surface area contributed by atoms with Crippen LogP contribution in [0.2, 0.25) is 5.02 Å². The Morgan fingerprint density at radius 1 is 1.31 bits per heavy atom. The van der Waals surface area contributed by atoms with Gasteiger partial charge in [-0.15, -0.1) is 12.4 Å². The number of carbonyl (C=O) groups excluding carboxylic acids is 1. The average Bonchev–Trinajstić information content (AvgIpc) is 2.60. The van der Waals surface area contributed by atoms with Gasteiger partial charge < -0.3 is 10.5 Å². The van der Waals surface area contributed by atoms with Crippen molar-refractivity contribution in [1.82, 2.24) is 9.55 Å². The minimum Gasteiger partial charge on any atom is -0.459 e. The van der Waals surface area contributed by atoms with Crippen LogP contribution in [0.4, 0.5) is 0 Å². The number of hydrogen-bond donors (Lipinski definition) is 1. The van der Waals surface area contributed by atoms with E-state index in [1.165, 1.54) is 10.9 Å². The molecule has 2 rings (SSSR count). The molecule has 0 bridgehead atoms. The van der Waals surface area contributed by atoms with Gasteiger partial charge in [-0.1, -0.05) is 30.7 Å². The van der Waals surface area contributed by atoms with Crippen molar-refractivity contribution in [2.24, 2.45) is 11.7 Å². The van der Waals surface area contributed by atoms with Gasteiger partial charge in [-0.2, -0.15) is 0 Å². The van der Waals surface area contributed by atoms with E-state index in [2.05, 4.69) is 20.9 Å². The molecule has 0 amide bonds. The van der Waals surface area contributed by atoms with Crippen LogP contribution >= 0.6 is 39.9 Å². The molecule has 1 heterocycles. The molecule has 0 saturated heterocycles. The molecule has 0 radical (unpaired) electrons. The molecule has 0 unspecified atom stereocenters. The van der Waals surface area contributed by atoms with E-state index in [0.717, 1.165) is 5.56 Å². The first-order valence-electron chi connectivity index (χ1n) is 8.94. The summed E-state index contributed by atoms with van der Waals surface area (Å²) >= 11 is 9.24. The number of esters is 1. The minimum atomic E-state index is -0.613. The number of nitrogens with zero attached hydrogens (tertiary/aromatic N) is 2. The molecule has 2 N–H and O–H groups in total. The quantitative estimate of drug-likeness (QED) is 0.590. The maximum absolute atomic E-state index is 12.6. The molecule has 1 aromatic carbocycles. The summed E-state index contributed by atoms with van der Waals surface area (Å²) < 4.78 is 6.81. The fraction of sp³-hybridized carbons (Fsp3) is 0.450. The van der Waals surface area contributed by atoms with Crippen LogP contribution in [-0.2, 0) is 22.5 Å². The smallest absolute Gasteiger partial charge is 0.326 e. The second-order valence-electron chi connectivity index (χ2n) is 7.78. The van der Waals surface area contributed by atoms with Crippen molar-refractivity contribution >= 4 is 45.9 Å². The van der Waals surface area contributed by atoms with Crippen LogP contribution < -0.4 is 11.3 Å². The van der Waals surface area contributed by atoms with Gasteiger partial charge in [0, 0.05) is 11.1 Å². The molecule has 0 saturated carbocycles. The highest BCUT2D eigenvalue weighted by Crippen LogP contribution is 2.25. The Balaban J connectivity index is 0.00000420. The Morgan fingerprint density at radius 3 is 2.45 bits per heavy atom. The highest BCUT2D eigenvalue weighted by Gasteiger charge is 2.21. The standard InChI is InChI=1S/C20H25BrClN3O3.ClH/c1-12(18(23)13-5-7-14(22)8-6-13)9-15-17(21)19(27)25(11-24-15)10-16(26)28-20(2,3)4;/h5-8,11-12,18H,9-10,23H2,1-4H3;1H/t12-,18-;/m0./s1. The number of benzene rings is 1. The first-order valence-corrected chi connectivity index (χ1v) is 10.1. The molecule has 6 nitrogen and oxygen atoms in total. The Kier molecular flexibility index (Phi) is 9.34. The van der Waals surface area contributed by atoms with E-state index in [9.17, 15) is 9.59 Å². The average molecular weight is 507 g/mol. The second kappa shape index (κ2) is 10.6. The topological polar surface area (TPSA) is 87.2 Å². The van der Waals surface area contributed by atoms with Crippen LogP contribution in [-0.4, -0.2) is 21.1 Å². The zero-order valence-electron chi connectivity index (χ0n) is 16.8. The molecule has 0 aliphatic heterocycles. The maximum Gasteiger partial charge on any atom is 0.326 e. The minimum absolute atomic E-state index is 0. The molecule has 0 aliphatic carbocycles. The summed E-state index contributed by atoms with van der Waals surface area (Å²) in [4.78, 5) is 28.9. The SMILES string of the molecule is C[C@@H](Cc1ncn(CC(=O)OC(C)(C)C)c(=O)c1Br)[C@H](N)c1ccc(Cl)cc1.Cl. The third-order valence-corrected chi connectivity index (χ3v) is 5.21. The predicted octanol–water partition coefficient (Wildman–Crippen LogP) is 4.30. The Hall–Kier alpha value is -1.41. The normalized spacial score (nSPS) is 13.3. The van der Waals surface area contributed by atoms with Gasteiger partial charge in [-0.05, 0) is 66.7 Å². The monoisotopic (exact) mass is 505 g/mol. The summed E-state index contributed by atoms with van der Waals surface area (Å²) in [5.74, 6) is -0.458. The highest BCUT2D eigenvalue weighted by molar-refractivity contribution is 9.10. The van der Waals surface area contributed by atoms with Crippen molar-refractivity contribution in [3.63, 3.8) is 0 Å². The molecule has 9 heteroatoms. The van der Waals surface area contributed by atoms with E-state index < -0.39 is 11.6 Å². The number of rotatable bonds is 6. The largest absolute Gasteiger partial charge is 0.459 e. The summed E-state index contributed by atoms with van der Waals surface area (Å²) in [5, 5.41) is 0.654. The van der Waals surface area contributed by atoms with E-state index in [1.54, 1.807) is 32.9 Å². The first-order chi connectivity index (χ1) is 13.0. The Morgan fingerprint density at radius 2 is 1.90 bits per heavy atom. The first kappa shape index (κ1) is 25.6. The predicted molar refractivity (Wildman–Crippen MR) is 121 cm³/mol. The van der Waals surface area contributed by atoms with Crippen molar-refractivity contribution in [3.05, 3.63) is 61.7 Å². The Bertz CT molecular complexity index is 895. The van der Waals surface area contributed by atoms with E-state index >= 15 is 0 Å². The highest BCUT2D eigenvalue weighted by atomic mass is 79.9.